The van der Waals surface area contributed by atoms with Crippen molar-refractivity contribution in [2.45, 2.75) is 0 Å². The summed E-state index contributed by atoms with van der Waals surface area (Å²) in [6.07, 6.45) is 0. The summed E-state index contributed by atoms with van der Waals surface area (Å²) in [5, 5.41) is 0.456. The molecule has 0 aromatic heterocycles. The molecule has 6 heteroatoms. The van der Waals surface area contributed by atoms with E-state index in [0.29, 0.717) is 41.3 Å². The fraction of sp³-hybridized carbons (Fsp3) is 0.300. The maximum absolute atomic E-state index is 6.02. The lowest BCUT2D eigenvalue weighted by Crippen LogP contribution is -2.15. The Morgan fingerprint density at radius 1 is 1.31 bits per heavy atom. The zero-order chi connectivity index (χ0) is 11.5. The van der Waals surface area contributed by atoms with E-state index >= 15 is 0 Å². The lowest BCUT2D eigenvalue weighted by molar-refractivity contribution is 0.171. The van der Waals surface area contributed by atoms with Gasteiger partial charge in [-0.3, -0.25) is 0 Å². The van der Waals surface area contributed by atoms with Gasteiger partial charge in [0.25, 0.3) is 0 Å². The molecule has 4 nitrogen and oxygen atoms in total. The van der Waals surface area contributed by atoms with Crippen molar-refractivity contribution in [2.24, 2.45) is 10.7 Å². The molecule has 0 atom stereocenters. The van der Waals surface area contributed by atoms with Crippen molar-refractivity contribution in [3.05, 3.63) is 17.2 Å². The molecule has 2 rings (SSSR count). The number of rotatable bonds is 2. The average Bonchev–Trinajstić information content (AvgIpc) is 2.30. The fourth-order valence-corrected chi connectivity index (χ4v) is 1.58. The van der Waals surface area contributed by atoms with E-state index in [4.69, 9.17) is 38.4 Å². The molecule has 0 aliphatic carbocycles. The molecule has 0 radical (unpaired) electrons. The van der Waals surface area contributed by atoms with E-state index in [1.807, 2.05) is 0 Å². The van der Waals surface area contributed by atoms with E-state index in [9.17, 15) is 0 Å². The van der Waals surface area contributed by atoms with E-state index in [1.54, 1.807) is 12.1 Å². The number of alkyl halides is 1. The minimum atomic E-state index is 0.158. The highest BCUT2D eigenvalue weighted by molar-refractivity contribution is 6.33. The number of hydrogen-bond acceptors (Lipinski definition) is 3. The monoisotopic (exact) mass is 260 g/mol. The van der Waals surface area contributed by atoms with Crippen molar-refractivity contribution in [3.63, 3.8) is 0 Å². The molecule has 2 N–H and O–H groups in total. The van der Waals surface area contributed by atoms with E-state index in [-0.39, 0.29) is 5.88 Å². The number of fused-ring (bicyclic) bond motifs is 1. The maximum atomic E-state index is 6.02. The number of amidine groups is 1. The summed E-state index contributed by atoms with van der Waals surface area (Å²) in [4.78, 5) is 4.08. The highest BCUT2D eigenvalue weighted by Gasteiger charge is 2.14. The normalized spacial score (nSPS) is 15.0. The second-order valence-electron chi connectivity index (χ2n) is 3.18. The topological polar surface area (TPSA) is 56.8 Å². The molecule has 1 aromatic rings. The van der Waals surface area contributed by atoms with Crippen LogP contribution in [0.1, 0.15) is 0 Å². The van der Waals surface area contributed by atoms with Crippen LogP contribution in [-0.4, -0.2) is 24.9 Å². The molecular weight excluding hydrogens is 251 g/mol. The predicted molar refractivity (Wildman–Crippen MR) is 64.4 cm³/mol. The highest BCUT2D eigenvalue weighted by atomic mass is 35.5. The number of aliphatic imine (C=N–C) groups is 1. The third-order valence-electron chi connectivity index (χ3n) is 2.01. The van der Waals surface area contributed by atoms with Crippen molar-refractivity contribution in [1.29, 1.82) is 0 Å². The van der Waals surface area contributed by atoms with Gasteiger partial charge in [-0.15, -0.1) is 11.6 Å². The van der Waals surface area contributed by atoms with Gasteiger partial charge >= 0.3 is 0 Å². The molecule has 1 aliphatic heterocycles. The standard InChI is InChI=1S/C10H10Cl2N2O2/c11-5-10(13)14-7-4-9-8(3-6(7)12)15-1-2-16-9/h3-4H,1-2,5H2,(H2,13,14). The summed E-state index contributed by atoms with van der Waals surface area (Å²) in [6, 6.07) is 3.35. The van der Waals surface area contributed by atoms with Crippen molar-refractivity contribution in [3.8, 4) is 11.5 Å². The number of hydrogen-bond donors (Lipinski definition) is 1. The molecule has 0 fully saturated rings. The van der Waals surface area contributed by atoms with Gasteiger partial charge < -0.3 is 15.2 Å². The second kappa shape index (κ2) is 4.80. The number of ether oxygens (including phenoxy) is 2. The molecule has 0 bridgehead atoms. The van der Waals surface area contributed by atoms with Crippen LogP contribution in [0.5, 0.6) is 11.5 Å². The van der Waals surface area contributed by atoms with Crippen LogP contribution in [0.25, 0.3) is 0 Å². The van der Waals surface area contributed by atoms with Gasteiger partial charge in [0.15, 0.2) is 11.5 Å². The predicted octanol–water partition coefficient (Wildman–Crippen LogP) is 2.34. The Morgan fingerprint density at radius 2 is 1.94 bits per heavy atom. The molecule has 86 valence electrons. The Bertz CT molecular complexity index is 435. The summed E-state index contributed by atoms with van der Waals surface area (Å²) in [7, 11) is 0. The Morgan fingerprint density at radius 3 is 2.56 bits per heavy atom. The molecule has 1 aromatic carbocycles. The first-order chi connectivity index (χ1) is 7.70. The van der Waals surface area contributed by atoms with Crippen LogP contribution < -0.4 is 15.2 Å². The van der Waals surface area contributed by atoms with Crippen molar-refractivity contribution >= 4 is 34.7 Å². The van der Waals surface area contributed by atoms with Gasteiger partial charge in [-0.1, -0.05) is 11.6 Å². The summed E-state index contributed by atoms with van der Waals surface area (Å²) >= 11 is 11.6. The van der Waals surface area contributed by atoms with Gasteiger partial charge in [0, 0.05) is 12.1 Å². The summed E-state index contributed by atoms with van der Waals surface area (Å²) in [5.74, 6) is 1.71. The largest absolute Gasteiger partial charge is 0.486 e. The minimum Gasteiger partial charge on any atom is -0.486 e. The Kier molecular flexibility index (Phi) is 3.41. The van der Waals surface area contributed by atoms with E-state index in [2.05, 4.69) is 4.99 Å². The van der Waals surface area contributed by atoms with Crippen molar-refractivity contribution in [2.75, 3.05) is 19.1 Å². The van der Waals surface area contributed by atoms with Crippen LogP contribution in [-0.2, 0) is 0 Å². The lowest BCUT2D eigenvalue weighted by Gasteiger charge is -2.18. The van der Waals surface area contributed by atoms with Crippen LogP contribution in [0.15, 0.2) is 17.1 Å². The van der Waals surface area contributed by atoms with Crippen LogP contribution in [0.2, 0.25) is 5.02 Å². The number of benzene rings is 1. The first kappa shape index (κ1) is 11.4. The van der Waals surface area contributed by atoms with Gasteiger partial charge in [-0.25, -0.2) is 4.99 Å². The van der Waals surface area contributed by atoms with Gasteiger partial charge in [-0.2, -0.15) is 0 Å². The highest BCUT2D eigenvalue weighted by Crippen LogP contribution is 2.39. The first-order valence-corrected chi connectivity index (χ1v) is 5.60. The zero-order valence-electron chi connectivity index (χ0n) is 8.37. The van der Waals surface area contributed by atoms with Crippen LogP contribution in [0, 0.1) is 0 Å². The molecule has 16 heavy (non-hydrogen) atoms. The summed E-state index contributed by atoms with van der Waals surface area (Å²) in [5.41, 5.74) is 6.07. The maximum Gasteiger partial charge on any atom is 0.163 e. The van der Waals surface area contributed by atoms with Gasteiger partial charge in [-0.05, 0) is 0 Å². The molecule has 0 saturated heterocycles. The Labute approximate surface area is 103 Å². The number of nitrogens with two attached hydrogens (primary N) is 1. The second-order valence-corrected chi connectivity index (χ2v) is 3.86. The van der Waals surface area contributed by atoms with Gasteiger partial charge in [0.2, 0.25) is 0 Å². The number of nitrogens with zero attached hydrogens (tertiary/aromatic N) is 1. The molecule has 0 amide bonds. The van der Waals surface area contributed by atoms with E-state index in [1.165, 1.54) is 0 Å². The SMILES string of the molecule is NC(CCl)=Nc1cc2c(cc1Cl)OCCO2. The van der Waals surface area contributed by atoms with Crippen LogP contribution in [0.4, 0.5) is 5.69 Å². The van der Waals surface area contributed by atoms with E-state index in [0.717, 1.165) is 0 Å². The van der Waals surface area contributed by atoms with E-state index < -0.39 is 0 Å². The van der Waals surface area contributed by atoms with Crippen LogP contribution in [0.3, 0.4) is 0 Å². The summed E-state index contributed by atoms with van der Waals surface area (Å²) in [6.45, 7) is 1.04. The molecule has 0 saturated carbocycles. The van der Waals surface area contributed by atoms with Crippen molar-refractivity contribution < 1.29 is 9.47 Å². The molecule has 0 unspecified atom stereocenters. The quantitative estimate of drug-likeness (QED) is 0.505. The smallest absolute Gasteiger partial charge is 0.163 e. The third kappa shape index (κ3) is 2.33. The van der Waals surface area contributed by atoms with Gasteiger partial charge in [0.1, 0.15) is 19.0 Å². The molecule has 0 spiro atoms. The zero-order valence-corrected chi connectivity index (χ0v) is 9.88. The average molecular weight is 261 g/mol. The third-order valence-corrected chi connectivity index (χ3v) is 2.59. The lowest BCUT2D eigenvalue weighted by atomic mass is 10.2. The Balaban J connectivity index is 2.39. The van der Waals surface area contributed by atoms with Gasteiger partial charge in [0.05, 0.1) is 16.6 Å². The Hall–Kier alpha value is -1.13. The van der Waals surface area contributed by atoms with Crippen LogP contribution >= 0.6 is 23.2 Å². The van der Waals surface area contributed by atoms with Crippen molar-refractivity contribution in [1.82, 2.24) is 0 Å². The fourth-order valence-electron chi connectivity index (χ4n) is 1.32. The first-order valence-electron chi connectivity index (χ1n) is 4.69. The molecule has 1 heterocycles. The minimum absolute atomic E-state index is 0.158. The summed E-state index contributed by atoms with van der Waals surface area (Å²) < 4.78 is 10.8. The number of halogens is 2. The molecule has 1 aliphatic rings. The molecular formula is C10H10Cl2N2O2.